The summed E-state index contributed by atoms with van der Waals surface area (Å²) in [7, 11) is 1.54. The van der Waals surface area contributed by atoms with Crippen LogP contribution >= 0.6 is 15.9 Å². The molecule has 0 aliphatic rings. The Kier molecular flexibility index (Phi) is 3.87. The second-order valence-electron chi connectivity index (χ2n) is 4.41. The second kappa shape index (κ2) is 5.27. The maximum Gasteiger partial charge on any atom is 0.336 e. The minimum atomic E-state index is -0.958. The van der Waals surface area contributed by atoms with Crippen molar-refractivity contribution in [1.82, 2.24) is 4.98 Å². The Bertz CT molecular complexity index is 668. The number of carboxylic acids is 1. The van der Waals surface area contributed by atoms with Crippen LogP contribution in [0.5, 0.6) is 0 Å². The summed E-state index contributed by atoms with van der Waals surface area (Å²) in [6.07, 6.45) is 0. The SMILES string of the molecule is COCc1c(C)nc2c(C)cc(Br)cc2c1C(=O)O. The van der Waals surface area contributed by atoms with E-state index in [1.807, 2.05) is 19.9 Å². The van der Waals surface area contributed by atoms with Gasteiger partial charge in [-0.15, -0.1) is 0 Å². The van der Waals surface area contributed by atoms with Gasteiger partial charge in [0.05, 0.1) is 17.7 Å². The van der Waals surface area contributed by atoms with Gasteiger partial charge in [0.15, 0.2) is 0 Å². The molecule has 0 amide bonds. The Morgan fingerprint density at radius 2 is 2.11 bits per heavy atom. The van der Waals surface area contributed by atoms with Crippen LogP contribution in [-0.2, 0) is 11.3 Å². The molecule has 2 rings (SSSR count). The number of rotatable bonds is 3. The third-order valence-corrected chi connectivity index (χ3v) is 3.51. The lowest BCUT2D eigenvalue weighted by atomic mass is 9.99. The molecule has 0 fully saturated rings. The highest BCUT2D eigenvalue weighted by Crippen LogP contribution is 2.29. The van der Waals surface area contributed by atoms with Crippen LogP contribution in [-0.4, -0.2) is 23.2 Å². The third kappa shape index (κ3) is 2.48. The van der Waals surface area contributed by atoms with Crippen LogP contribution < -0.4 is 0 Å². The van der Waals surface area contributed by atoms with Gasteiger partial charge in [0.1, 0.15) is 0 Å². The first kappa shape index (κ1) is 14.0. The topological polar surface area (TPSA) is 59.4 Å². The first-order valence-electron chi connectivity index (χ1n) is 5.77. The Morgan fingerprint density at radius 3 is 2.68 bits per heavy atom. The maximum absolute atomic E-state index is 11.6. The smallest absolute Gasteiger partial charge is 0.336 e. The number of hydrogen-bond donors (Lipinski definition) is 1. The molecule has 1 heterocycles. The lowest BCUT2D eigenvalue weighted by Crippen LogP contribution is -2.09. The zero-order valence-corrected chi connectivity index (χ0v) is 12.5. The van der Waals surface area contributed by atoms with Crippen molar-refractivity contribution in [3.8, 4) is 0 Å². The number of pyridine rings is 1. The number of methoxy groups -OCH3 is 1. The molecule has 0 atom stereocenters. The van der Waals surface area contributed by atoms with E-state index in [1.54, 1.807) is 13.2 Å². The lowest BCUT2D eigenvalue weighted by molar-refractivity contribution is 0.0694. The Labute approximate surface area is 119 Å². The minimum absolute atomic E-state index is 0.238. The number of aromatic nitrogens is 1. The average molecular weight is 324 g/mol. The van der Waals surface area contributed by atoms with Gasteiger partial charge in [-0.2, -0.15) is 0 Å². The summed E-state index contributed by atoms with van der Waals surface area (Å²) in [4.78, 5) is 16.1. The quantitative estimate of drug-likeness (QED) is 0.939. The molecule has 100 valence electrons. The van der Waals surface area contributed by atoms with Gasteiger partial charge in [-0.25, -0.2) is 4.79 Å². The number of hydrogen-bond acceptors (Lipinski definition) is 3. The summed E-state index contributed by atoms with van der Waals surface area (Å²) in [5.74, 6) is -0.958. The monoisotopic (exact) mass is 323 g/mol. The van der Waals surface area contributed by atoms with Crippen molar-refractivity contribution in [2.24, 2.45) is 0 Å². The number of halogens is 1. The fraction of sp³-hybridized carbons (Fsp3) is 0.286. The zero-order chi connectivity index (χ0) is 14.2. The maximum atomic E-state index is 11.6. The first-order valence-corrected chi connectivity index (χ1v) is 6.56. The molecule has 1 aromatic heterocycles. The van der Waals surface area contributed by atoms with E-state index in [1.165, 1.54) is 0 Å². The number of aromatic carboxylic acids is 1. The fourth-order valence-corrected chi connectivity index (χ4v) is 2.79. The number of carbonyl (C=O) groups is 1. The van der Waals surface area contributed by atoms with Crippen molar-refractivity contribution in [3.63, 3.8) is 0 Å². The zero-order valence-electron chi connectivity index (χ0n) is 11.0. The predicted molar refractivity (Wildman–Crippen MR) is 76.6 cm³/mol. The molecule has 2 aromatic rings. The molecule has 0 aliphatic carbocycles. The van der Waals surface area contributed by atoms with E-state index in [0.717, 1.165) is 15.6 Å². The van der Waals surface area contributed by atoms with Crippen molar-refractivity contribution >= 4 is 32.8 Å². The van der Waals surface area contributed by atoms with Gasteiger partial charge in [0.2, 0.25) is 0 Å². The number of nitrogens with zero attached hydrogens (tertiary/aromatic N) is 1. The van der Waals surface area contributed by atoms with Gasteiger partial charge in [0, 0.05) is 28.2 Å². The predicted octanol–water partition coefficient (Wildman–Crippen LogP) is 3.46. The summed E-state index contributed by atoms with van der Waals surface area (Å²) in [5.41, 5.74) is 3.25. The average Bonchev–Trinajstić information content (AvgIpc) is 2.31. The molecule has 1 aromatic carbocycles. The summed E-state index contributed by atoms with van der Waals surface area (Å²) in [5, 5.41) is 10.1. The summed E-state index contributed by atoms with van der Waals surface area (Å²) < 4.78 is 5.94. The fourth-order valence-electron chi connectivity index (χ4n) is 2.22. The van der Waals surface area contributed by atoms with Crippen LogP contribution in [0.15, 0.2) is 16.6 Å². The number of benzene rings is 1. The van der Waals surface area contributed by atoms with Crippen LogP contribution in [0.4, 0.5) is 0 Å². The Hall–Kier alpha value is -1.46. The van der Waals surface area contributed by atoms with Crippen LogP contribution in [0.1, 0.15) is 27.2 Å². The van der Waals surface area contributed by atoms with Crippen LogP contribution in [0.25, 0.3) is 10.9 Å². The van der Waals surface area contributed by atoms with Gasteiger partial charge in [0.25, 0.3) is 0 Å². The largest absolute Gasteiger partial charge is 0.478 e. The molecule has 0 saturated carbocycles. The molecule has 0 unspecified atom stereocenters. The van der Waals surface area contributed by atoms with Crippen molar-refractivity contribution in [2.45, 2.75) is 20.5 Å². The molecule has 4 nitrogen and oxygen atoms in total. The lowest BCUT2D eigenvalue weighted by Gasteiger charge is -2.13. The summed E-state index contributed by atoms with van der Waals surface area (Å²) >= 11 is 3.40. The molecular weight excluding hydrogens is 310 g/mol. The normalized spacial score (nSPS) is 10.9. The summed E-state index contributed by atoms with van der Waals surface area (Å²) in [6.45, 7) is 3.96. The highest BCUT2D eigenvalue weighted by molar-refractivity contribution is 9.10. The van der Waals surface area contributed by atoms with Gasteiger partial charge < -0.3 is 9.84 Å². The second-order valence-corrected chi connectivity index (χ2v) is 5.32. The van der Waals surface area contributed by atoms with E-state index >= 15 is 0 Å². The molecule has 0 saturated heterocycles. The molecule has 1 N–H and O–H groups in total. The van der Waals surface area contributed by atoms with Gasteiger partial charge in [-0.3, -0.25) is 4.98 Å². The van der Waals surface area contributed by atoms with Crippen LogP contribution in [0, 0.1) is 13.8 Å². The van der Waals surface area contributed by atoms with Crippen molar-refractivity contribution in [1.29, 1.82) is 0 Å². The molecule has 0 radical (unpaired) electrons. The van der Waals surface area contributed by atoms with Crippen LogP contribution in [0.3, 0.4) is 0 Å². The van der Waals surface area contributed by atoms with E-state index in [4.69, 9.17) is 4.74 Å². The van der Waals surface area contributed by atoms with Crippen molar-refractivity contribution in [2.75, 3.05) is 7.11 Å². The first-order chi connectivity index (χ1) is 8.95. The molecule has 0 bridgehead atoms. The molecule has 19 heavy (non-hydrogen) atoms. The Morgan fingerprint density at radius 1 is 1.42 bits per heavy atom. The minimum Gasteiger partial charge on any atom is -0.478 e. The molecule has 0 aliphatic heterocycles. The van der Waals surface area contributed by atoms with E-state index in [9.17, 15) is 9.90 Å². The molecule has 5 heteroatoms. The van der Waals surface area contributed by atoms with Gasteiger partial charge in [-0.05, 0) is 31.5 Å². The highest BCUT2D eigenvalue weighted by Gasteiger charge is 2.19. The van der Waals surface area contributed by atoms with E-state index < -0.39 is 5.97 Å². The van der Waals surface area contributed by atoms with Crippen LogP contribution in [0.2, 0.25) is 0 Å². The Balaban J connectivity index is 2.94. The summed E-state index contributed by atoms with van der Waals surface area (Å²) in [6, 6.07) is 3.72. The molecular formula is C14H14BrNO3. The van der Waals surface area contributed by atoms with Gasteiger partial charge in [-0.1, -0.05) is 15.9 Å². The third-order valence-electron chi connectivity index (χ3n) is 3.06. The number of ether oxygens (including phenoxy) is 1. The van der Waals surface area contributed by atoms with E-state index in [-0.39, 0.29) is 12.2 Å². The number of carboxylic acid groups (broad SMARTS) is 1. The highest BCUT2D eigenvalue weighted by atomic mass is 79.9. The number of aryl methyl sites for hydroxylation is 2. The van der Waals surface area contributed by atoms with E-state index in [2.05, 4.69) is 20.9 Å². The van der Waals surface area contributed by atoms with Crippen molar-refractivity contribution in [3.05, 3.63) is 39.0 Å². The van der Waals surface area contributed by atoms with E-state index in [0.29, 0.717) is 16.6 Å². The molecule has 0 spiro atoms. The van der Waals surface area contributed by atoms with Gasteiger partial charge >= 0.3 is 5.97 Å². The van der Waals surface area contributed by atoms with Crippen molar-refractivity contribution < 1.29 is 14.6 Å². The standard InChI is InChI=1S/C14H14BrNO3/c1-7-4-9(15)5-10-12(14(17)18)11(6-19-3)8(2)16-13(7)10/h4-5H,6H2,1-3H3,(H,17,18). The number of fused-ring (bicyclic) bond motifs is 1.